The standard InChI is InChI=1S/C42H74O4.C30H56O2.C13H22O2/c1-29(12-9-13-31(3)35-18-20-39(27-35)37-16-14-33(23-37)25-41(43)45-5)10-7-8-11-30(2)22-32(4)36-19-21-40(28-36)38-17-15-34(24-38)26-42(44)46-6;1-6-8-9-13-25(7-2)15-14-23(3)11-10-12-24(4)27-18-19-29(22-27)28-17-16-26(20-28)21-30(31)32-5;1-15-13(14)9-10-6-7-12(8-10)11-4-2-3-5-11/h29-40H,7-28H2,1-6H3;23-29H,6-22H2,1-5H3;10-12H,2-9H2,1H3/t29-,30?,31-,32-,33?,34?,35?,36?,37?,38+,39+,40?;23?,24-,25?,26-,27?,28?,29?;10-,12?/m100/s1. The molecule has 0 aliphatic heterocycles. The molecule has 13 unspecified atom stereocenters. The normalized spacial score (nSPS) is 31.8. The zero-order chi connectivity index (χ0) is 67.1. The van der Waals surface area contributed by atoms with Gasteiger partial charge in [0.1, 0.15) is 0 Å². The molecule has 0 saturated heterocycles. The number of rotatable bonds is 38. The van der Waals surface area contributed by atoms with Crippen molar-refractivity contribution in [3.8, 4) is 0 Å². The van der Waals surface area contributed by atoms with E-state index in [1.54, 1.807) is 0 Å². The van der Waals surface area contributed by atoms with Gasteiger partial charge >= 0.3 is 23.9 Å². The van der Waals surface area contributed by atoms with E-state index in [4.69, 9.17) is 18.9 Å². The highest BCUT2D eigenvalue weighted by Crippen LogP contribution is 2.51. The lowest BCUT2D eigenvalue weighted by Crippen LogP contribution is -2.15. The van der Waals surface area contributed by atoms with Crippen LogP contribution in [0.5, 0.6) is 0 Å². The average Bonchev–Trinajstić information content (AvgIpc) is 2.05. The van der Waals surface area contributed by atoms with E-state index in [0.29, 0.717) is 49.4 Å². The highest BCUT2D eigenvalue weighted by atomic mass is 16.5. The molecular weight excluding hydrogens is 1150 g/mol. The molecule has 8 aliphatic carbocycles. The number of esters is 4. The minimum atomic E-state index is -0.0212. The number of carbonyl (C=O) groups is 4. The predicted octanol–water partition coefficient (Wildman–Crippen LogP) is 23.8. The molecule has 0 amide bonds. The van der Waals surface area contributed by atoms with E-state index < -0.39 is 0 Å². The summed E-state index contributed by atoms with van der Waals surface area (Å²) in [5.74, 6) is 18.6. The average molecular weight is 1300 g/mol. The van der Waals surface area contributed by atoms with Crippen molar-refractivity contribution < 1.29 is 38.1 Å². The Morgan fingerprint density at radius 3 is 1.01 bits per heavy atom. The van der Waals surface area contributed by atoms with Crippen molar-refractivity contribution in [3.63, 3.8) is 0 Å². The van der Waals surface area contributed by atoms with Gasteiger partial charge < -0.3 is 18.9 Å². The van der Waals surface area contributed by atoms with Crippen LogP contribution < -0.4 is 0 Å². The molecule has 0 heterocycles. The third kappa shape index (κ3) is 28.9. The van der Waals surface area contributed by atoms with Gasteiger partial charge in [0, 0.05) is 25.7 Å². The molecular formula is C85H152O8. The molecule has 0 N–H and O–H groups in total. The first-order valence-corrected chi connectivity index (χ1v) is 41.2. The van der Waals surface area contributed by atoms with Gasteiger partial charge in [0.05, 0.1) is 28.4 Å². The summed E-state index contributed by atoms with van der Waals surface area (Å²) in [6.07, 6.45) is 62.3. The fourth-order valence-electron chi connectivity index (χ4n) is 21.6. The molecule has 8 rings (SSSR count). The zero-order valence-corrected chi connectivity index (χ0v) is 63.2. The van der Waals surface area contributed by atoms with E-state index in [1.165, 1.54) is 305 Å². The fourth-order valence-corrected chi connectivity index (χ4v) is 21.6. The Morgan fingerprint density at radius 2 is 0.634 bits per heavy atom. The lowest BCUT2D eigenvalue weighted by Gasteiger charge is -2.24. The van der Waals surface area contributed by atoms with Gasteiger partial charge in [0.25, 0.3) is 0 Å². The van der Waals surface area contributed by atoms with E-state index in [-0.39, 0.29) is 23.9 Å². The number of hydrogen-bond donors (Lipinski definition) is 0. The van der Waals surface area contributed by atoms with Crippen molar-refractivity contribution in [2.45, 2.75) is 357 Å². The summed E-state index contributed by atoms with van der Waals surface area (Å²) in [7, 11) is 6.06. The van der Waals surface area contributed by atoms with Crippen LogP contribution in [0.25, 0.3) is 0 Å². The molecule has 0 aromatic carbocycles. The summed E-state index contributed by atoms with van der Waals surface area (Å²) in [4.78, 5) is 46.2. The van der Waals surface area contributed by atoms with Crippen LogP contribution in [0, 0.1) is 130 Å². The van der Waals surface area contributed by atoms with E-state index in [2.05, 4.69) is 55.4 Å². The SMILES string of the molecule is CCCCCC(CC)CCC(C)CCC[C@H](C)C1CCC(C2CC[C@H](CC(=O)OC)C2)C1.COC(=O)CC1CCC([C@H]2CCC([C@H](C)CCC[C@H](C)CCCCC(C)C[C@@H](C)C3CCC([C@H]4CCC(CC(=O)OC)C4)C3)C2)C1.COC(=O)C[C@H]1CCC(C2CCCC2)C1. The Kier molecular flexibility index (Phi) is 37.9. The van der Waals surface area contributed by atoms with E-state index in [0.717, 1.165) is 107 Å². The highest BCUT2D eigenvalue weighted by molar-refractivity contribution is 5.70. The molecule has 0 aromatic rings. The third-order valence-electron chi connectivity index (χ3n) is 28.1. The number of ether oxygens (including phenoxy) is 4. The zero-order valence-electron chi connectivity index (χ0n) is 63.2. The molecule has 8 aliphatic rings. The Morgan fingerprint density at radius 1 is 0.312 bits per heavy atom. The first kappa shape index (κ1) is 79.9. The van der Waals surface area contributed by atoms with Crippen LogP contribution in [0.3, 0.4) is 0 Å². The van der Waals surface area contributed by atoms with Crippen LogP contribution in [-0.4, -0.2) is 52.3 Å². The van der Waals surface area contributed by atoms with Crippen molar-refractivity contribution in [2.75, 3.05) is 28.4 Å². The maximum atomic E-state index is 11.7. The van der Waals surface area contributed by atoms with Crippen LogP contribution in [0.2, 0.25) is 0 Å². The molecule has 93 heavy (non-hydrogen) atoms. The Balaban J connectivity index is 0.000000250. The number of hydrogen-bond acceptors (Lipinski definition) is 8. The lowest BCUT2D eigenvalue weighted by atomic mass is 9.81. The molecule has 8 fully saturated rings. The topological polar surface area (TPSA) is 105 Å². The van der Waals surface area contributed by atoms with Gasteiger partial charge in [-0.05, 0) is 271 Å². The molecule has 0 radical (unpaired) electrons. The van der Waals surface area contributed by atoms with Crippen molar-refractivity contribution in [1.29, 1.82) is 0 Å². The predicted molar refractivity (Wildman–Crippen MR) is 387 cm³/mol. The molecule has 8 nitrogen and oxygen atoms in total. The number of carbonyl (C=O) groups excluding carboxylic acids is 4. The Labute approximate surface area is 574 Å². The van der Waals surface area contributed by atoms with Crippen LogP contribution in [0.4, 0.5) is 0 Å². The van der Waals surface area contributed by atoms with Crippen molar-refractivity contribution >= 4 is 23.9 Å². The van der Waals surface area contributed by atoms with Crippen molar-refractivity contribution in [1.82, 2.24) is 0 Å². The summed E-state index contributed by atoms with van der Waals surface area (Å²) in [5, 5.41) is 0. The van der Waals surface area contributed by atoms with Crippen molar-refractivity contribution in [3.05, 3.63) is 0 Å². The summed E-state index contributed by atoms with van der Waals surface area (Å²) in [6, 6.07) is 0. The van der Waals surface area contributed by atoms with Gasteiger partial charge in [0.2, 0.25) is 0 Å². The summed E-state index contributed by atoms with van der Waals surface area (Å²) in [6.45, 7) is 19.8. The van der Waals surface area contributed by atoms with Crippen LogP contribution >= 0.6 is 0 Å². The van der Waals surface area contributed by atoms with Crippen LogP contribution in [0.15, 0.2) is 0 Å². The van der Waals surface area contributed by atoms with Crippen LogP contribution in [-0.2, 0) is 38.1 Å². The number of methoxy groups -OCH3 is 4. The monoisotopic (exact) mass is 1300 g/mol. The van der Waals surface area contributed by atoms with Crippen LogP contribution in [0.1, 0.15) is 357 Å². The molecule has 0 spiro atoms. The summed E-state index contributed by atoms with van der Waals surface area (Å²) < 4.78 is 19.5. The van der Waals surface area contributed by atoms with Gasteiger partial charge in [-0.3, -0.25) is 19.2 Å². The molecule has 0 aromatic heterocycles. The molecule has 8 heteroatoms. The van der Waals surface area contributed by atoms with Gasteiger partial charge in [-0.25, -0.2) is 0 Å². The summed E-state index contributed by atoms with van der Waals surface area (Å²) in [5.41, 5.74) is 0. The smallest absolute Gasteiger partial charge is 0.305 e. The van der Waals surface area contributed by atoms with E-state index >= 15 is 0 Å². The molecule has 540 valence electrons. The molecule has 8 saturated carbocycles. The van der Waals surface area contributed by atoms with Crippen molar-refractivity contribution in [2.24, 2.45) is 130 Å². The van der Waals surface area contributed by atoms with Gasteiger partial charge in [-0.1, -0.05) is 190 Å². The number of unbranched alkanes of at least 4 members (excludes halogenated alkanes) is 3. The quantitative estimate of drug-likeness (QED) is 0.0342. The second kappa shape index (κ2) is 44.1. The summed E-state index contributed by atoms with van der Waals surface area (Å²) >= 11 is 0. The first-order chi connectivity index (χ1) is 44.9. The first-order valence-electron chi connectivity index (χ1n) is 41.2. The minimum absolute atomic E-state index is 0.00972. The maximum Gasteiger partial charge on any atom is 0.305 e. The fraction of sp³-hybridized carbons (Fsp3) is 0.953. The van der Waals surface area contributed by atoms with E-state index in [1.807, 2.05) is 0 Å². The Hall–Kier alpha value is -2.12. The van der Waals surface area contributed by atoms with Gasteiger partial charge in [-0.2, -0.15) is 0 Å². The highest BCUT2D eigenvalue weighted by Gasteiger charge is 2.41. The third-order valence-corrected chi connectivity index (χ3v) is 28.1. The molecule has 0 bridgehead atoms. The van der Waals surface area contributed by atoms with E-state index in [9.17, 15) is 19.2 Å². The second-order valence-corrected chi connectivity index (χ2v) is 34.9. The maximum absolute atomic E-state index is 11.7. The van der Waals surface area contributed by atoms with Gasteiger partial charge in [-0.15, -0.1) is 0 Å². The Bertz CT molecular complexity index is 2030. The van der Waals surface area contributed by atoms with Gasteiger partial charge in [0.15, 0.2) is 0 Å². The molecule has 21 atom stereocenters. The lowest BCUT2D eigenvalue weighted by molar-refractivity contribution is -0.142. The second-order valence-electron chi connectivity index (χ2n) is 34.9. The minimum Gasteiger partial charge on any atom is -0.469 e. The largest absolute Gasteiger partial charge is 0.469 e.